The maximum Gasteiger partial charge on any atom is 0.137 e. The highest BCUT2D eigenvalue weighted by molar-refractivity contribution is 6.32. The highest BCUT2D eigenvalue weighted by Gasteiger charge is 2.10. The van der Waals surface area contributed by atoms with Crippen LogP contribution < -0.4 is 10.1 Å². The van der Waals surface area contributed by atoms with Crippen LogP contribution in [0, 0.1) is 0 Å². The number of nitrogens with zero attached hydrogens (tertiary/aromatic N) is 1. The Hall–Kier alpha value is -0.480. The van der Waals surface area contributed by atoms with Crippen LogP contribution in [-0.2, 0) is 6.54 Å². The minimum absolute atomic E-state index is 0. The molecular formula is C12H18Cl2N2O. The van der Waals surface area contributed by atoms with Gasteiger partial charge in [-0.15, -0.1) is 12.4 Å². The van der Waals surface area contributed by atoms with Crippen LogP contribution in [-0.4, -0.2) is 38.2 Å². The van der Waals surface area contributed by atoms with Gasteiger partial charge < -0.3 is 10.1 Å². The second-order valence-corrected chi connectivity index (χ2v) is 4.40. The largest absolute Gasteiger partial charge is 0.495 e. The van der Waals surface area contributed by atoms with E-state index in [1.165, 1.54) is 5.56 Å². The van der Waals surface area contributed by atoms with Crippen molar-refractivity contribution < 1.29 is 4.74 Å². The van der Waals surface area contributed by atoms with Gasteiger partial charge in [0, 0.05) is 32.7 Å². The van der Waals surface area contributed by atoms with Crippen LogP contribution in [0.3, 0.4) is 0 Å². The molecule has 0 aromatic heterocycles. The lowest BCUT2D eigenvalue weighted by atomic mass is 10.2. The minimum atomic E-state index is 0. The summed E-state index contributed by atoms with van der Waals surface area (Å²) >= 11 is 6.09. The molecule has 1 aromatic carbocycles. The molecule has 2 rings (SSSR count). The first-order chi connectivity index (χ1) is 7.79. The van der Waals surface area contributed by atoms with Crippen LogP contribution in [0.25, 0.3) is 0 Å². The van der Waals surface area contributed by atoms with Crippen molar-refractivity contribution in [3.8, 4) is 5.75 Å². The van der Waals surface area contributed by atoms with Gasteiger partial charge in [-0.1, -0.05) is 17.7 Å². The first-order valence-electron chi connectivity index (χ1n) is 5.55. The molecule has 1 aliphatic rings. The van der Waals surface area contributed by atoms with Gasteiger partial charge in [0.25, 0.3) is 0 Å². The Bertz CT molecular complexity index is 354. The molecular weight excluding hydrogens is 259 g/mol. The van der Waals surface area contributed by atoms with E-state index >= 15 is 0 Å². The Morgan fingerprint density at radius 3 is 2.65 bits per heavy atom. The van der Waals surface area contributed by atoms with Crippen molar-refractivity contribution in [2.24, 2.45) is 0 Å². The molecule has 1 aliphatic heterocycles. The van der Waals surface area contributed by atoms with Crippen LogP contribution in [0.1, 0.15) is 5.56 Å². The van der Waals surface area contributed by atoms with Crippen LogP contribution in [0.4, 0.5) is 0 Å². The third-order valence-electron chi connectivity index (χ3n) is 2.83. The predicted molar refractivity (Wildman–Crippen MR) is 73.4 cm³/mol. The summed E-state index contributed by atoms with van der Waals surface area (Å²) in [7, 11) is 1.64. The summed E-state index contributed by atoms with van der Waals surface area (Å²) in [6.07, 6.45) is 0. The van der Waals surface area contributed by atoms with Crippen molar-refractivity contribution in [3.05, 3.63) is 28.8 Å². The van der Waals surface area contributed by atoms with E-state index in [1.807, 2.05) is 12.1 Å². The van der Waals surface area contributed by atoms with Crippen molar-refractivity contribution in [2.45, 2.75) is 6.54 Å². The van der Waals surface area contributed by atoms with Crippen LogP contribution >= 0.6 is 24.0 Å². The Morgan fingerprint density at radius 2 is 2.06 bits per heavy atom. The fourth-order valence-electron chi connectivity index (χ4n) is 1.94. The van der Waals surface area contributed by atoms with Crippen LogP contribution in [0.15, 0.2) is 18.2 Å². The molecule has 0 radical (unpaired) electrons. The van der Waals surface area contributed by atoms with E-state index in [2.05, 4.69) is 16.3 Å². The molecule has 0 spiro atoms. The molecule has 0 unspecified atom stereocenters. The summed E-state index contributed by atoms with van der Waals surface area (Å²) in [5.74, 6) is 0.741. The molecule has 0 atom stereocenters. The molecule has 5 heteroatoms. The summed E-state index contributed by atoms with van der Waals surface area (Å²) in [5.41, 5.74) is 1.24. The third kappa shape index (κ3) is 4.03. The van der Waals surface area contributed by atoms with E-state index < -0.39 is 0 Å². The number of hydrogen-bond donors (Lipinski definition) is 1. The normalized spacial score (nSPS) is 16.4. The van der Waals surface area contributed by atoms with Crippen molar-refractivity contribution >= 4 is 24.0 Å². The van der Waals surface area contributed by atoms with Crippen LogP contribution in [0.5, 0.6) is 5.75 Å². The molecule has 0 saturated carbocycles. The number of benzene rings is 1. The summed E-state index contributed by atoms with van der Waals surface area (Å²) in [6.45, 7) is 5.31. The number of piperazine rings is 1. The molecule has 0 amide bonds. The lowest BCUT2D eigenvalue weighted by Crippen LogP contribution is -2.42. The summed E-state index contributed by atoms with van der Waals surface area (Å²) < 4.78 is 5.13. The fourth-order valence-corrected chi connectivity index (χ4v) is 2.22. The van der Waals surface area contributed by atoms with Crippen molar-refractivity contribution in [1.29, 1.82) is 0 Å². The molecule has 0 aliphatic carbocycles. The maximum absolute atomic E-state index is 6.09. The number of nitrogens with one attached hydrogen (secondary N) is 1. The maximum atomic E-state index is 6.09. The number of methoxy groups -OCH3 is 1. The van der Waals surface area contributed by atoms with Crippen molar-refractivity contribution in [1.82, 2.24) is 10.2 Å². The Labute approximate surface area is 113 Å². The standard InChI is InChI=1S/C12H17ClN2O.ClH/c1-16-12-3-2-10(8-11(12)13)9-15-6-4-14-5-7-15;/h2-3,8,14H,4-7,9H2,1H3;1H. The van der Waals surface area contributed by atoms with Gasteiger partial charge in [0.05, 0.1) is 12.1 Å². The summed E-state index contributed by atoms with van der Waals surface area (Å²) in [4.78, 5) is 2.43. The van der Waals surface area contributed by atoms with Gasteiger partial charge in [-0.3, -0.25) is 4.90 Å². The number of halogens is 2. The quantitative estimate of drug-likeness (QED) is 0.916. The van der Waals surface area contributed by atoms with Crippen molar-refractivity contribution in [2.75, 3.05) is 33.3 Å². The van der Waals surface area contributed by atoms with E-state index in [4.69, 9.17) is 16.3 Å². The van der Waals surface area contributed by atoms with Gasteiger partial charge >= 0.3 is 0 Å². The minimum Gasteiger partial charge on any atom is -0.495 e. The second kappa shape index (κ2) is 7.07. The molecule has 96 valence electrons. The van der Waals surface area contributed by atoms with E-state index in [0.29, 0.717) is 5.02 Å². The average molecular weight is 277 g/mol. The first-order valence-corrected chi connectivity index (χ1v) is 5.93. The van der Waals surface area contributed by atoms with Gasteiger partial charge in [-0.2, -0.15) is 0 Å². The number of hydrogen-bond acceptors (Lipinski definition) is 3. The number of rotatable bonds is 3. The SMILES string of the molecule is COc1ccc(CN2CCNCC2)cc1Cl.Cl. The zero-order valence-electron chi connectivity index (χ0n) is 9.91. The molecule has 1 aromatic rings. The van der Waals surface area contributed by atoms with E-state index in [9.17, 15) is 0 Å². The topological polar surface area (TPSA) is 24.5 Å². The van der Waals surface area contributed by atoms with Gasteiger partial charge in [0.1, 0.15) is 5.75 Å². The zero-order valence-corrected chi connectivity index (χ0v) is 11.5. The monoisotopic (exact) mass is 276 g/mol. The molecule has 1 heterocycles. The van der Waals surface area contributed by atoms with E-state index in [1.54, 1.807) is 7.11 Å². The first kappa shape index (κ1) is 14.6. The summed E-state index contributed by atoms with van der Waals surface area (Å²) in [6, 6.07) is 6.00. The summed E-state index contributed by atoms with van der Waals surface area (Å²) in [5, 5.41) is 4.03. The molecule has 1 N–H and O–H groups in total. The van der Waals surface area contributed by atoms with Crippen LogP contribution in [0.2, 0.25) is 5.02 Å². The van der Waals surface area contributed by atoms with E-state index in [-0.39, 0.29) is 12.4 Å². The van der Waals surface area contributed by atoms with Gasteiger partial charge in [-0.25, -0.2) is 0 Å². The third-order valence-corrected chi connectivity index (χ3v) is 3.13. The molecule has 1 fully saturated rings. The molecule has 0 bridgehead atoms. The van der Waals surface area contributed by atoms with E-state index in [0.717, 1.165) is 38.5 Å². The Kier molecular flexibility index (Phi) is 6.06. The highest BCUT2D eigenvalue weighted by atomic mass is 35.5. The Morgan fingerprint density at radius 1 is 1.35 bits per heavy atom. The van der Waals surface area contributed by atoms with Gasteiger partial charge in [0.15, 0.2) is 0 Å². The predicted octanol–water partition coefficient (Wildman–Crippen LogP) is 2.18. The van der Waals surface area contributed by atoms with Crippen molar-refractivity contribution in [3.63, 3.8) is 0 Å². The second-order valence-electron chi connectivity index (χ2n) is 4.00. The fraction of sp³-hybridized carbons (Fsp3) is 0.500. The number of ether oxygens (including phenoxy) is 1. The van der Waals surface area contributed by atoms with Gasteiger partial charge in [-0.05, 0) is 17.7 Å². The van der Waals surface area contributed by atoms with Gasteiger partial charge in [0.2, 0.25) is 0 Å². The lowest BCUT2D eigenvalue weighted by molar-refractivity contribution is 0.233. The smallest absolute Gasteiger partial charge is 0.137 e. The highest BCUT2D eigenvalue weighted by Crippen LogP contribution is 2.25. The Balaban J connectivity index is 0.00000144. The molecule has 1 saturated heterocycles. The molecule has 3 nitrogen and oxygen atoms in total. The molecule has 17 heavy (non-hydrogen) atoms. The lowest BCUT2D eigenvalue weighted by Gasteiger charge is -2.27. The average Bonchev–Trinajstić information content (AvgIpc) is 2.31. The zero-order chi connectivity index (χ0) is 11.4.